The van der Waals surface area contributed by atoms with Gasteiger partial charge in [-0.25, -0.2) is 0 Å². The highest BCUT2D eigenvalue weighted by molar-refractivity contribution is 7.12. The van der Waals surface area contributed by atoms with Crippen molar-refractivity contribution in [3.8, 4) is 5.75 Å². The molecule has 1 heterocycles. The Labute approximate surface area is 162 Å². The number of carbonyl (C=O) groups is 2. The number of hydrogen-bond acceptors (Lipinski definition) is 5. The summed E-state index contributed by atoms with van der Waals surface area (Å²) >= 11 is 1.33. The van der Waals surface area contributed by atoms with Gasteiger partial charge in [0.1, 0.15) is 5.75 Å². The SMILES string of the molecule is CCOc1ccc(N[C@@H](NC(=O)c2cccs2)C(=O)c2ccccc2)cc1. The Balaban J connectivity index is 1.80. The molecule has 6 heteroatoms. The zero-order valence-corrected chi connectivity index (χ0v) is 15.7. The fourth-order valence-electron chi connectivity index (χ4n) is 2.53. The molecule has 5 nitrogen and oxygen atoms in total. The van der Waals surface area contributed by atoms with Gasteiger partial charge in [-0.05, 0) is 42.6 Å². The summed E-state index contributed by atoms with van der Waals surface area (Å²) in [5, 5.41) is 7.71. The molecule has 2 aromatic carbocycles. The van der Waals surface area contributed by atoms with Crippen LogP contribution in [0.1, 0.15) is 27.0 Å². The topological polar surface area (TPSA) is 67.4 Å². The van der Waals surface area contributed by atoms with Crippen LogP contribution in [0.15, 0.2) is 72.1 Å². The molecule has 3 rings (SSSR count). The Morgan fingerprint density at radius 2 is 1.74 bits per heavy atom. The van der Waals surface area contributed by atoms with Crippen molar-refractivity contribution < 1.29 is 14.3 Å². The number of Topliss-reactive ketones (excluding diaryl/α,β-unsaturated/α-hetero) is 1. The normalized spacial score (nSPS) is 11.4. The van der Waals surface area contributed by atoms with E-state index in [9.17, 15) is 9.59 Å². The minimum absolute atomic E-state index is 0.214. The van der Waals surface area contributed by atoms with E-state index in [2.05, 4.69) is 10.6 Å². The van der Waals surface area contributed by atoms with Gasteiger partial charge < -0.3 is 15.4 Å². The average molecular weight is 380 g/mol. The molecule has 27 heavy (non-hydrogen) atoms. The van der Waals surface area contributed by atoms with Crippen LogP contribution in [0, 0.1) is 0 Å². The largest absolute Gasteiger partial charge is 0.494 e. The standard InChI is InChI=1S/C21H20N2O3S/c1-2-26-17-12-10-16(11-13-17)22-20(19(24)15-7-4-3-5-8-15)23-21(25)18-9-6-14-27-18/h3-14,20,22H,2H2,1H3,(H,23,25)/t20-/m0/s1. The maximum Gasteiger partial charge on any atom is 0.263 e. The monoisotopic (exact) mass is 380 g/mol. The average Bonchev–Trinajstić information content (AvgIpc) is 3.24. The number of anilines is 1. The number of thiophene rings is 1. The van der Waals surface area contributed by atoms with Crippen molar-refractivity contribution in [3.05, 3.63) is 82.6 Å². The predicted molar refractivity (Wildman–Crippen MR) is 108 cm³/mol. The first kappa shape index (κ1) is 18.7. The molecule has 0 aliphatic carbocycles. The van der Waals surface area contributed by atoms with Crippen molar-refractivity contribution in [1.82, 2.24) is 5.32 Å². The van der Waals surface area contributed by atoms with Crippen LogP contribution in [0.5, 0.6) is 5.75 Å². The zero-order chi connectivity index (χ0) is 19.1. The molecule has 0 saturated heterocycles. The second-order valence-corrected chi connectivity index (χ2v) is 6.66. The van der Waals surface area contributed by atoms with Crippen LogP contribution in [-0.4, -0.2) is 24.5 Å². The van der Waals surface area contributed by atoms with Gasteiger partial charge in [-0.1, -0.05) is 36.4 Å². The minimum atomic E-state index is -0.889. The lowest BCUT2D eigenvalue weighted by Crippen LogP contribution is -2.46. The van der Waals surface area contributed by atoms with E-state index in [1.165, 1.54) is 11.3 Å². The summed E-state index contributed by atoms with van der Waals surface area (Å²) in [4.78, 5) is 25.9. The molecular weight excluding hydrogens is 360 g/mol. The number of benzene rings is 2. The lowest BCUT2D eigenvalue weighted by atomic mass is 10.1. The molecule has 0 radical (unpaired) electrons. The number of amides is 1. The first-order valence-electron chi connectivity index (χ1n) is 8.60. The lowest BCUT2D eigenvalue weighted by molar-refractivity contribution is 0.0872. The Hall–Kier alpha value is -3.12. The van der Waals surface area contributed by atoms with Gasteiger partial charge in [-0.3, -0.25) is 9.59 Å². The second kappa shape index (κ2) is 9.00. The highest BCUT2D eigenvalue weighted by atomic mass is 32.1. The van der Waals surface area contributed by atoms with E-state index >= 15 is 0 Å². The van der Waals surface area contributed by atoms with Gasteiger partial charge in [0.25, 0.3) is 5.91 Å². The highest BCUT2D eigenvalue weighted by Gasteiger charge is 2.23. The summed E-state index contributed by atoms with van der Waals surface area (Å²) in [7, 11) is 0. The van der Waals surface area contributed by atoms with Crippen molar-refractivity contribution in [3.63, 3.8) is 0 Å². The van der Waals surface area contributed by atoms with E-state index in [-0.39, 0.29) is 11.7 Å². The van der Waals surface area contributed by atoms with Crippen molar-refractivity contribution >= 4 is 28.7 Å². The van der Waals surface area contributed by atoms with Gasteiger partial charge in [0.15, 0.2) is 6.17 Å². The molecule has 0 bridgehead atoms. The fraction of sp³-hybridized carbons (Fsp3) is 0.143. The van der Waals surface area contributed by atoms with E-state index < -0.39 is 6.17 Å². The van der Waals surface area contributed by atoms with Gasteiger partial charge in [0.2, 0.25) is 5.78 Å². The number of ketones is 1. The van der Waals surface area contributed by atoms with Crippen LogP contribution in [0.25, 0.3) is 0 Å². The number of hydrogen-bond donors (Lipinski definition) is 2. The summed E-state index contributed by atoms with van der Waals surface area (Å²) in [6.45, 7) is 2.50. The van der Waals surface area contributed by atoms with Crippen molar-refractivity contribution in [2.75, 3.05) is 11.9 Å². The van der Waals surface area contributed by atoms with Gasteiger partial charge >= 0.3 is 0 Å². The maximum atomic E-state index is 12.9. The smallest absolute Gasteiger partial charge is 0.263 e. The summed E-state index contributed by atoms with van der Waals surface area (Å²) in [5.41, 5.74) is 1.23. The van der Waals surface area contributed by atoms with E-state index in [0.717, 1.165) is 5.75 Å². The van der Waals surface area contributed by atoms with E-state index in [1.54, 1.807) is 36.4 Å². The van der Waals surface area contributed by atoms with Crippen LogP contribution in [0.3, 0.4) is 0 Å². The van der Waals surface area contributed by atoms with Crippen molar-refractivity contribution in [1.29, 1.82) is 0 Å². The van der Waals surface area contributed by atoms with Crippen LogP contribution >= 0.6 is 11.3 Å². The van der Waals surface area contributed by atoms with Crippen LogP contribution in [0.4, 0.5) is 5.69 Å². The summed E-state index contributed by atoms with van der Waals surface area (Å²) in [6.07, 6.45) is -0.889. The molecule has 1 atom stereocenters. The molecule has 0 aliphatic heterocycles. The molecule has 1 aromatic heterocycles. The van der Waals surface area contributed by atoms with Crippen LogP contribution in [-0.2, 0) is 0 Å². The number of ether oxygens (including phenoxy) is 1. The number of rotatable bonds is 8. The van der Waals surface area contributed by atoms with Crippen LogP contribution < -0.4 is 15.4 Å². The molecule has 2 N–H and O–H groups in total. The number of nitrogens with one attached hydrogen (secondary N) is 2. The molecule has 1 amide bonds. The van der Waals surface area contributed by atoms with Crippen molar-refractivity contribution in [2.45, 2.75) is 13.1 Å². The van der Waals surface area contributed by atoms with E-state index in [4.69, 9.17) is 4.74 Å². The van der Waals surface area contributed by atoms with Gasteiger partial charge in [-0.15, -0.1) is 11.3 Å². The Bertz CT molecular complexity index is 878. The van der Waals surface area contributed by atoms with Crippen molar-refractivity contribution in [2.24, 2.45) is 0 Å². The molecule has 3 aromatic rings. The maximum absolute atomic E-state index is 12.9. The third-order valence-electron chi connectivity index (χ3n) is 3.82. The first-order valence-corrected chi connectivity index (χ1v) is 9.48. The molecular formula is C21H20N2O3S. The summed E-state index contributed by atoms with van der Waals surface area (Å²) in [5.74, 6) is 0.240. The van der Waals surface area contributed by atoms with Gasteiger partial charge in [-0.2, -0.15) is 0 Å². The Morgan fingerprint density at radius 3 is 2.37 bits per heavy atom. The van der Waals surface area contributed by atoms with Gasteiger partial charge in [0.05, 0.1) is 11.5 Å². The minimum Gasteiger partial charge on any atom is -0.494 e. The molecule has 0 fully saturated rings. The quantitative estimate of drug-likeness (QED) is 0.454. The molecule has 138 valence electrons. The molecule has 0 aliphatic rings. The van der Waals surface area contributed by atoms with Gasteiger partial charge in [0, 0.05) is 11.3 Å². The van der Waals surface area contributed by atoms with Crippen LogP contribution in [0.2, 0.25) is 0 Å². The fourth-order valence-corrected chi connectivity index (χ4v) is 3.15. The Kier molecular flexibility index (Phi) is 6.22. The zero-order valence-electron chi connectivity index (χ0n) is 14.8. The summed E-state index contributed by atoms with van der Waals surface area (Å²) in [6, 6.07) is 19.7. The third kappa shape index (κ3) is 4.95. The molecule has 0 saturated carbocycles. The first-order chi connectivity index (χ1) is 13.2. The summed E-state index contributed by atoms with van der Waals surface area (Å²) < 4.78 is 5.43. The second-order valence-electron chi connectivity index (χ2n) is 5.72. The predicted octanol–water partition coefficient (Wildman–Crippen LogP) is 4.20. The number of carbonyl (C=O) groups excluding carboxylic acids is 2. The van der Waals surface area contributed by atoms with E-state index in [1.807, 2.05) is 42.6 Å². The Morgan fingerprint density at radius 1 is 1.00 bits per heavy atom. The third-order valence-corrected chi connectivity index (χ3v) is 4.69. The molecule has 0 unspecified atom stereocenters. The lowest BCUT2D eigenvalue weighted by Gasteiger charge is -2.20. The highest BCUT2D eigenvalue weighted by Crippen LogP contribution is 2.17. The molecule has 0 spiro atoms. The van der Waals surface area contributed by atoms with E-state index in [0.29, 0.717) is 22.7 Å².